The molecule has 3 N–H and O–H groups in total. The lowest BCUT2D eigenvalue weighted by Gasteiger charge is -2.08. The molecule has 0 aliphatic carbocycles. The van der Waals surface area contributed by atoms with Gasteiger partial charge in [0.25, 0.3) is 5.91 Å². The van der Waals surface area contributed by atoms with Crippen molar-refractivity contribution in [2.45, 2.75) is 0 Å². The van der Waals surface area contributed by atoms with Crippen LogP contribution in [0, 0.1) is 22.7 Å². The van der Waals surface area contributed by atoms with E-state index in [9.17, 15) is 4.79 Å². The summed E-state index contributed by atoms with van der Waals surface area (Å²) in [5.41, 5.74) is 6.33. The summed E-state index contributed by atoms with van der Waals surface area (Å²) >= 11 is 0. The van der Waals surface area contributed by atoms with Gasteiger partial charge in [0.15, 0.2) is 6.61 Å². The van der Waals surface area contributed by atoms with E-state index in [0.717, 1.165) is 0 Å². The molecule has 0 radical (unpaired) electrons. The van der Waals surface area contributed by atoms with Crippen molar-refractivity contribution in [2.24, 2.45) is 0 Å². The van der Waals surface area contributed by atoms with Crippen LogP contribution in [0.15, 0.2) is 18.2 Å². The number of nitrogens with two attached hydrogens (primary N) is 1. The molecular weight excluding hydrogens is 220 g/mol. The number of benzene rings is 1. The average Bonchev–Trinajstić information content (AvgIpc) is 2.34. The molecule has 1 aromatic carbocycles. The standard InChI is InChI=1S/C11H10N4O2/c12-3-4-15-11(16)7-17-10-2-1-8(6-13)5-9(10)14/h1-2,5H,4,7,14H2,(H,15,16). The van der Waals surface area contributed by atoms with Gasteiger partial charge in [-0.3, -0.25) is 4.79 Å². The summed E-state index contributed by atoms with van der Waals surface area (Å²) in [6, 6.07) is 8.23. The number of nitrogens with one attached hydrogen (secondary N) is 1. The highest BCUT2D eigenvalue weighted by molar-refractivity contribution is 5.78. The summed E-state index contributed by atoms with van der Waals surface area (Å²) in [5, 5.41) is 19.2. The van der Waals surface area contributed by atoms with Gasteiger partial charge in [0, 0.05) is 0 Å². The van der Waals surface area contributed by atoms with Crippen molar-refractivity contribution < 1.29 is 9.53 Å². The summed E-state index contributed by atoms with van der Waals surface area (Å²) in [6.07, 6.45) is 0. The lowest BCUT2D eigenvalue weighted by molar-refractivity contribution is -0.122. The Morgan fingerprint density at radius 1 is 1.47 bits per heavy atom. The molecule has 86 valence electrons. The number of carbonyl (C=O) groups is 1. The summed E-state index contributed by atoms with van der Waals surface area (Å²) in [6.45, 7) is -0.289. The molecule has 1 aromatic rings. The van der Waals surface area contributed by atoms with Crippen molar-refractivity contribution in [2.75, 3.05) is 18.9 Å². The second-order valence-electron chi connectivity index (χ2n) is 3.09. The highest BCUT2D eigenvalue weighted by atomic mass is 16.5. The van der Waals surface area contributed by atoms with Crippen molar-refractivity contribution in [1.82, 2.24) is 5.32 Å². The quantitative estimate of drug-likeness (QED) is 0.565. The molecule has 0 unspecified atom stereocenters. The van der Waals surface area contributed by atoms with Crippen molar-refractivity contribution in [3.05, 3.63) is 23.8 Å². The molecule has 6 heteroatoms. The summed E-state index contributed by atoms with van der Waals surface area (Å²) in [4.78, 5) is 11.1. The Hall–Kier alpha value is -2.73. The molecule has 6 nitrogen and oxygen atoms in total. The maximum atomic E-state index is 11.1. The third-order valence-corrected chi connectivity index (χ3v) is 1.86. The third kappa shape index (κ3) is 3.73. The van der Waals surface area contributed by atoms with Crippen LogP contribution in [0.1, 0.15) is 5.56 Å². The van der Waals surface area contributed by atoms with Crippen LogP contribution in [0.2, 0.25) is 0 Å². The number of hydrogen-bond acceptors (Lipinski definition) is 5. The van der Waals surface area contributed by atoms with E-state index >= 15 is 0 Å². The second-order valence-corrected chi connectivity index (χ2v) is 3.09. The number of anilines is 1. The number of carbonyl (C=O) groups excluding carboxylic acids is 1. The van der Waals surface area contributed by atoms with Gasteiger partial charge in [0.05, 0.1) is 23.4 Å². The van der Waals surface area contributed by atoms with Crippen LogP contribution in [-0.4, -0.2) is 19.1 Å². The van der Waals surface area contributed by atoms with Crippen molar-refractivity contribution in [3.63, 3.8) is 0 Å². The number of rotatable bonds is 4. The first kappa shape index (κ1) is 12.3. The molecule has 17 heavy (non-hydrogen) atoms. The molecule has 0 aliphatic heterocycles. The van der Waals surface area contributed by atoms with Gasteiger partial charge in [-0.1, -0.05) is 0 Å². The van der Waals surface area contributed by atoms with E-state index in [2.05, 4.69) is 5.32 Å². The van der Waals surface area contributed by atoms with E-state index in [1.54, 1.807) is 12.1 Å². The third-order valence-electron chi connectivity index (χ3n) is 1.86. The topological polar surface area (TPSA) is 112 Å². The van der Waals surface area contributed by atoms with Crippen LogP contribution < -0.4 is 15.8 Å². The minimum atomic E-state index is -0.407. The highest BCUT2D eigenvalue weighted by Gasteiger charge is 2.05. The van der Waals surface area contributed by atoms with E-state index in [4.69, 9.17) is 21.0 Å². The van der Waals surface area contributed by atoms with Gasteiger partial charge in [-0.25, -0.2) is 0 Å². The smallest absolute Gasteiger partial charge is 0.258 e. The molecule has 0 spiro atoms. The maximum absolute atomic E-state index is 11.1. The molecular formula is C11H10N4O2. The monoisotopic (exact) mass is 230 g/mol. The normalized spacial score (nSPS) is 8.82. The fourth-order valence-electron chi connectivity index (χ4n) is 1.08. The number of nitrogen functional groups attached to an aromatic ring is 1. The first-order valence-electron chi connectivity index (χ1n) is 4.73. The summed E-state index contributed by atoms with van der Waals surface area (Å²) in [5.74, 6) is -0.0774. The van der Waals surface area contributed by atoms with Crippen molar-refractivity contribution in [3.8, 4) is 17.9 Å². The highest BCUT2D eigenvalue weighted by Crippen LogP contribution is 2.21. The Morgan fingerprint density at radius 3 is 2.82 bits per heavy atom. The van der Waals surface area contributed by atoms with Gasteiger partial charge >= 0.3 is 0 Å². The van der Waals surface area contributed by atoms with Crippen LogP contribution >= 0.6 is 0 Å². The van der Waals surface area contributed by atoms with E-state index in [-0.39, 0.29) is 18.8 Å². The molecule has 1 amide bonds. The maximum Gasteiger partial charge on any atom is 0.258 e. The fourth-order valence-corrected chi connectivity index (χ4v) is 1.08. The Labute approximate surface area is 98.2 Å². The molecule has 0 aliphatic rings. The molecule has 0 heterocycles. The number of nitriles is 2. The number of nitrogens with zero attached hydrogens (tertiary/aromatic N) is 2. The lowest BCUT2D eigenvalue weighted by atomic mass is 10.2. The molecule has 0 saturated carbocycles. The SMILES string of the molecule is N#CCNC(=O)COc1ccc(C#N)cc1N. The first-order valence-corrected chi connectivity index (χ1v) is 4.73. The molecule has 0 aromatic heterocycles. The predicted octanol–water partition coefficient (Wildman–Crippen LogP) is 0.159. The van der Waals surface area contributed by atoms with Gasteiger partial charge in [-0.2, -0.15) is 10.5 Å². The van der Waals surface area contributed by atoms with Gasteiger partial charge in [0.1, 0.15) is 12.3 Å². The fraction of sp³-hybridized carbons (Fsp3) is 0.182. The summed E-state index contributed by atoms with van der Waals surface area (Å²) in [7, 11) is 0. The van der Waals surface area contributed by atoms with E-state index in [1.807, 2.05) is 6.07 Å². The minimum Gasteiger partial charge on any atom is -0.482 e. The number of hydrogen-bond donors (Lipinski definition) is 2. The Balaban J connectivity index is 2.56. The number of amides is 1. The Morgan fingerprint density at radius 2 is 2.24 bits per heavy atom. The van der Waals surface area contributed by atoms with Crippen molar-refractivity contribution in [1.29, 1.82) is 10.5 Å². The molecule has 1 rings (SSSR count). The summed E-state index contributed by atoms with van der Waals surface area (Å²) < 4.78 is 5.14. The van der Waals surface area contributed by atoms with Crippen LogP contribution in [0.4, 0.5) is 5.69 Å². The second kappa shape index (κ2) is 5.99. The predicted molar refractivity (Wildman–Crippen MR) is 59.7 cm³/mol. The Bertz CT molecular complexity index is 499. The van der Waals surface area contributed by atoms with Crippen LogP contribution in [0.3, 0.4) is 0 Å². The van der Waals surface area contributed by atoms with Crippen LogP contribution in [0.5, 0.6) is 5.75 Å². The zero-order valence-corrected chi connectivity index (χ0v) is 8.93. The molecule has 0 saturated heterocycles. The van der Waals surface area contributed by atoms with E-state index in [0.29, 0.717) is 11.3 Å². The average molecular weight is 230 g/mol. The molecule has 0 fully saturated rings. The largest absolute Gasteiger partial charge is 0.482 e. The van der Waals surface area contributed by atoms with Crippen molar-refractivity contribution >= 4 is 11.6 Å². The number of ether oxygens (including phenoxy) is 1. The van der Waals surface area contributed by atoms with Crippen LogP contribution in [0.25, 0.3) is 0 Å². The molecule has 0 atom stereocenters. The zero-order chi connectivity index (χ0) is 12.7. The van der Waals surface area contributed by atoms with E-state index < -0.39 is 5.91 Å². The first-order chi connectivity index (χ1) is 8.17. The van der Waals surface area contributed by atoms with Gasteiger partial charge in [-0.05, 0) is 18.2 Å². The van der Waals surface area contributed by atoms with Gasteiger partial charge < -0.3 is 15.8 Å². The molecule has 0 bridgehead atoms. The van der Waals surface area contributed by atoms with Crippen LogP contribution in [-0.2, 0) is 4.79 Å². The minimum absolute atomic E-state index is 0.0644. The lowest BCUT2D eigenvalue weighted by Crippen LogP contribution is -2.29. The van der Waals surface area contributed by atoms with E-state index in [1.165, 1.54) is 12.1 Å². The Kier molecular flexibility index (Phi) is 4.34. The van der Waals surface area contributed by atoms with Gasteiger partial charge in [-0.15, -0.1) is 0 Å². The zero-order valence-electron chi connectivity index (χ0n) is 8.93. The van der Waals surface area contributed by atoms with Gasteiger partial charge in [0.2, 0.25) is 0 Å².